The number of hydrogen-bond donors (Lipinski definition) is 0. The van der Waals surface area contributed by atoms with Gasteiger partial charge in [-0.2, -0.15) is 0 Å². The Morgan fingerprint density at radius 3 is 1.62 bits per heavy atom. The first kappa shape index (κ1) is 24.1. The Hall–Kier alpha value is -3.36. The van der Waals surface area contributed by atoms with E-state index in [1.54, 1.807) is 0 Å². The molecule has 198 valence electrons. The highest BCUT2D eigenvalue weighted by Crippen LogP contribution is 2.57. The van der Waals surface area contributed by atoms with E-state index in [-0.39, 0.29) is 0 Å². The molecular weight excluding hydrogens is 625 g/mol. The molecule has 6 heteroatoms. The summed E-state index contributed by atoms with van der Waals surface area (Å²) >= 11 is 11.3. The summed E-state index contributed by atoms with van der Waals surface area (Å²) < 4.78 is 5.51. The first-order valence-electron chi connectivity index (χ1n) is 13.6. The highest BCUT2D eigenvalue weighted by atomic mass is 32.1. The van der Waals surface area contributed by atoms with Crippen LogP contribution in [0.25, 0.3) is 93.2 Å². The van der Waals surface area contributed by atoms with Gasteiger partial charge in [0.1, 0.15) is 0 Å². The van der Waals surface area contributed by atoms with Crippen LogP contribution in [0, 0.1) is 0 Å². The first-order chi connectivity index (χ1) is 20.8. The predicted molar refractivity (Wildman–Crippen MR) is 193 cm³/mol. The molecule has 0 spiro atoms. The lowest BCUT2D eigenvalue weighted by atomic mass is 9.87. The molecule has 0 radical (unpaired) electrons. The van der Waals surface area contributed by atoms with Crippen molar-refractivity contribution in [3.8, 4) is 52.9 Å². The Bertz CT molecular complexity index is 2480. The quantitative estimate of drug-likeness (QED) is 0.132. The van der Waals surface area contributed by atoms with E-state index in [1.807, 2.05) is 68.0 Å². The van der Waals surface area contributed by atoms with Crippen molar-refractivity contribution in [2.45, 2.75) is 0 Å². The Balaban J connectivity index is 1.46. The number of rotatable bonds is 4. The maximum Gasteiger partial charge on any atom is 0.0448 e. The van der Waals surface area contributed by atoms with E-state index in [0.717, 1.165) is 0 Å². The van der Waals surface area contributed by atoms with Crippen molar-refractivity contribution in [2.24, 2.45) is 0 Å². The minimum Gasteiger partial charge on any atom is -0.144 e. The maximum atomic E-state index is 2.49. The molecule has 0 atom stereocenters. The Morgan fingerprint density at radius 1 is 0.405 bits per heavy atom. The molecule has 0 saturated heterocycles. The monoisotopic (exact) mass is 642 g/mol. The third-order valence-electron chi connectivity index (χ3n) is 8.23. The van der Waals surface area contributed by atoms with Crippen molar-refractivity contribution >= 4 is 108 Å². The third kappa shape index (κ3) is 3.36. The fourth-order valence-electron chi connectivity index (χ4n) is 6.50. The van der Waals surface area contributed by atoms with E-state index in [4.69, 9.17) is 0 Å². The van der Waals surface area contributed by atoms with E-state index >= 15 is 0 Å². The van der Waals surface area contributed by atoms with Gasteiger partial charge in [0.2, 0.25) is 0 Å². The zero-order chi connectivity index (χ0) is 27.4. The van der Waals surface area contributed by atoms with Crippen LogP contribution in [0.5, 0.6) is 0 Å². The van der Waals surface area contributed by atoms with Crippen LogP contribution < -0.4 is 0 Å². The summed E-state index contributed by atoms with van der Waals surface area (Å²) in [5.74, 6) is 0. The Labute approximate surface area is 265 Å². The molecule has 4 aromatic heterocycles. The molecule has 4 aromatic carbocycles. The zero-order valence-corrected chi connectivity index (χ0v) is 26.7. The second kappa shape index (κ2) is 9.07. The summed E-state index contributed by atoms with van der Waals surface area (Å²) in [4.78, 5) is 5.32. The number of hydrogen-bond acceptors (Lipinski definition) is 6. The maximum absolute atomic E-state index is 2.49. The van der Waals surface area contributed by atoms with E-state index in [0.29, 0.717) is 0 Å². The molecule has 0 nitrogen and oxygen atoms in total. The largest absolute Gasteiger partial charge is 0.144 e. The third-order valence-corrected chi connectivity index (χ3v) is 14.1. The van der Waals surface area contributed by atoms with Crippen molar-refractivity contribution in [1.29, 1.82) is 0 Å². The molecule has 0 N–H and O–H groups in total. The van der Waals surface area contributed by atoms with Gasteiger partial charge in [-0.05, 0) is 86.4 Å². The zero-order valence-electron chi connectivity index (χ0n) is 21.8. The van der Waals surface area contributed by atoms with Crippen LogP contribution in [0.3, 0.4) is 0 Å². The minimum absolute atomic E-state index is 1.31. The van der Waals surface area contributed by atoms with Crippen molar-refractivity contribution in [1.82, 2.24) is 0 Å². The average molecular weight is 643 g/mol. The van der Waals surface area contributed by atoms with Crippen LogP contribution >= 0.6 is 68.0 Å². The molecular formula is C36H18S6. The molecule has 0 aliphatic carbocycles. The molecule has 0 bridgehead atoms. The van der Waals surface area contributed by atoms with Gasteiger partial charge in [0.15, 0.2) is 0 Å². The van der Waals surface area contributed by atoms with Crippen LogP contribution in [-0.2, 0) is 0 Å². The van der Waals surface area contributed by atoms with Crippen molar-refractivity contribution in [2.75, 3.05) is 0 Å². The molecule has 0 amide bonds. The van der Waals surface area contributed by atoms with Crippen LogP contribution in [0.2, 0.25) is 0 Å². The van der Waals surface area contributed by atoms with Crippen LogP contribution in [0.4, 0.5) is 0 Å². The van der Waals surface area contributed by atoms with Gasteiger partial charge >= 0.3 is 0 Å². The van der Waals surface area contributed by atoms with Crippen LogP contribution in [0.15, 0.2) is 106 Å². The van der Waals surface area contributed by atoms with Gasteiger partial charge in [-0.25, -0.2) is 0 Å². The molecule has 8 aromatic rings. The van der Waals surface area contributed by atoms with E-state index < -0.39 is 0 Å². The average Bonchev–Trinajstić information content (AvgIpc) is 3.86. The summed E-state index contributed by atoms with van der Waals surface area (Å²) in [6.45, 7) is 0. The van der Waals surface area contributed by atoms with Crippen molar-refractivity contribution < 1.29 is 0 Å². The predicted octanol–water partition coefficient (Wildman–Crippen LogP) is 13.9. The fourth-order valence-corrected chi connectivity index (χ4v) is 12.1. The first-order valence-corrected chi connectivity index (χ1v) is 18.8. The standard InChI is InChI=1S/C36H18S6/c1-5-25(37-11-1)19-15-24-23(28-8-4-14-40-28)18-31-34-32(24)29(16-19)41-30-17-22(27-7-3-13-39-27)20-9-10-21(26-6-2-12-38-26)36(42-31)33(20)35(30)34/h1-18H. The smallest absolute Gasteiger partial charge is 0.0448 e. The normalized spacial score (nSPS) is 12.3. The number of thiophene rings is 4. The van der Waals surface area contributed by atoms with Crippen LogP contribution in [-0.4, -0.2) is 0 Å². The lowest BCUT2D eigenvalue weighted by Gasteiger charge is -2.24. The second-order valence-electron chi connectivity index (χ2n) is 10.5. The van der Waals surface area contributed by atoms with Gasteiger partial charge in [0.25, 0.3) is 0 Å². The lowest BCUT2D eigenvalue weighted by Crippen LogP contribution is -1.95. The molecule has 2 aliphatic heterocycles. The molecule has 6 heterocycles. The van der Waals surface area contributed by atoms with E-state index in [9.17, 15) is 0 Å². The van der Waals surface area contributed by atoms with Crippen LogP contribution in [0.1, 0.15) is 0 Å². The van der Waals surface area contributed by atoms with Gasteiger partial charge in [-0.15, -0.1) is 68.0 Å². The second-order valence-corrected chi connectivity index (χ2v) is 16.4. The molecule has 10 rings (SSSR count). The molecule has 42 heavy (non-hydrogen) atoms. The highest BCUT2D eigenvalue weighted by molar-refractivity contribution is 7.28. The van der Waals surface area contributed by atoms with Gasteiger partial charge in [-0.3, -0.25) is 0 Å². The summed E-state index contributed by atoms with van der Waals surface area (Å²) in [7, 11) is 0. The van der Waals surface area contributed by atoms with Gasteiger partial charge in [0, 0.05) is 76.9 Å². The van der Waals surface area contributed by atoms with E-state index in [1.165, 1.54) is 93.2 Å². The molecule has 0 saturated carbocycles. The number of benzene rings is 4. The van der Waals surface area contributed by atoms with Gasteiger partial charge in [-0.1, -0.05) is 36.4 Å². The summed E-state index contributed by atoms with van der Waals surface area (Å²) in [5, 5.41) is 14.3. The lowest BCUT2D eigenvalue weighted by molar-refractivity contribution is 1.77. The Kier molecular flexibility index (Phi) is 5.21. The highest BCUT2D eigenvalue weighted by Gasteiger charge is 2.27. The molecule has 0 unspecified atom stereocenters. The van der Waals surface area contributed by atoms with Gasteiger partial charge < -0.3 is 0 Å². The summed E-state index contributed by atoms with van der Waals surface area (Å²) in [6, 6.07) is 32.4. The molecule has 2 aliphatic rings. The van der Waals surface area contributed by atoms with Crippen molar-refractivity contribution in [3.05, 3.63) is 106 Å². The fraction of sp³-hybridized carbons (Fsp3) is 0. The SMILES string of the molecule is c1csc(-c2cc3sc4cc(-c5cccs5)c5ccc(-c6cccs6)c6sc7cc(-c8cccs8)c(c2)c3c7-c4c56)c1. The Morgan fingerprint density at radius 2 is 0.976 bits per heavy atom. The minimum atomic E-state index is 1.31. The van der Waals surface area contributed by atoms with E-state index in [2.05, 4.69) is 106 Å². The topological polar surface area (TPSA) is 0 Å². The molecule has 0 fully saturated rings. The van der Waals surface area contributed by atoms with Gasteiger partial charge in [0.05, 0.1) is 0 Å². The van der Waals surface area contributed by atoms with Crippen molar-refractivity contribution in [3.63, 3.8) is 0 Å². The summed E-state index contributed by atoms with van der Waals surface area (Å²) in [5.41, 5.74) is 8.20. The summed E-state index contributed by atoms with van der Waals surface area (Å²) in [6.07, 6.45) is 0.